The maximum atomic E-state index is 4.17. The number of imidazole rings is 1. The standard InChI is InChI=1S/C13H23N3/c1-5-12(8-15-11(3)4)7-13-9-14-10-16(13)6-2/h7,9-11,15H,5-6,8H2,1-4H3. The lowest BCUT2D eigenvalue weighted by Gasteiger charge is -2.10. The molecule has 0 aliphatic carbocycles. The summed E-state index contributed by atoms with van der Waals surface area (Å²) in [5.74, 6) is 0. The lowest BCUT2D eigenvalue weighted by Crippen LogP contribution is -2.24. The molecular formula is C13H23N3. The monoisotopic (exact) mass is 221 g/mol. The van der Waals surface area contributed by atoms with Crippen molar-refractivity contribution < 1.29 is 0 Å². The Bertz CT molecular complexity index is 337. The Morgan fingerprint density at radius 3 is 2.81 bits per heavy atom. The first-order valence-corrected chi connectivity index (χ1v) is 6.10. The van der Waals surface area contributed by atoms with Gasteiger partial charge in [-0.25, -0.2) is 4.98 Å². The fourth-order valence-electron chi connectivity index (χ4n) is 1.54. The van der Waals surface area contributed by atoms with E-state index in [-0.39, 0.29) is 0 Å². The van der Waals surface area contributed by atoms with Crippen LogP contribution in [-0.4, -0.2) is 22.1 Å². The minimum atomic E-state index is 0.533. The van der Waals surface area contributed by atoms with E-state index < -0.39 is 0 Å². The van der Waals surface area contributed by atoms with Crippen LogP contribution in [0.4, 0.5) is 0 Å². The van der Waals surface area contributed by atoms with Crippen LogP contribution in [-0.2, 0) is 6.54 Å². The third kappa shape index (κ3) is 3.81. The molecule has 16 heavy (non-hydrogen) atoms. The molecule has 0 aliphatic rings. The molecule has 0 fully saturated rings. The van der Waals surface area contributed by atoms with Crippen molar-refractivity contribution in [3.05, 3.63) is 23.8 Å². The Morgan fingerprint density at radius 2 is 2.25 bits per heavy atom. The Labute approximate surface area is 98.6 Å². The number of aromatic nitrogens is 2. The van der Waals surface area contributed by atoms with Gasteiger partial charge in [-0.2, -0.15) is 0 Å². The molecule has 1 rings (SSSR count). The van der Waals surface area contributed by atoms with Gasteiger partial charge in [-0.3, -0.25) is 0 Å². The van der Waals surface area contributed by atoms with Gasteiger partial charge in [0.25, 0.3) is 0 Å². The molecule has 1 N–H and O–H groups in total. The van der Waals surface area contributed by atoms with Gasteiger partial charge in [-0.05, 0) is 19.4 Å². The van der Waals surface area contributed by atoms with E-state index in [1.807, 2.05) is 12.5 Å². The third-order valence-electron chi connectivity index (χ3n) is 2.63. The van der Waals surface area contributed by atoms with Gasteiger partial charge in [0.2, 0.25) is 0 Å². The molecule has 0 saturated carbocycles. The zero-order valence-electron chi connectivity index (χ0n) is 10.8. The zero-order chi connectivity index (χ0) is 12.0. The fourth-order valence-corrected chi connectivity index (χ4v) is 1.54. The third-order valence-corrected chi connectivity index (χ3v) is 2.63. The smallest absolute Gasteiger partial charge is 0.0950 e. The number of nitrogens with one attached hydrogen (secondary N) is 1. The molecule has 1 aromatic rings. The number of aryl methyl sites for hydroxylation is 1. The largest absolute Gasteiger partial charge is 0.331 e. The number of hydrogen-bond acceptors (Lipinski definition) is 2. The van der Waals surface area contributed by atoms with Crippen molar-refractivity contribution in [1.82, 2.24) is 14.9 Å². The van der Waals surface area contributed by atoms with Crippen LogP contribution in [0.5, 0.6) is 0 Å². The Hall–Kier alpha value is -1.09. The highest BCUT2D eigenvalue weighted by molar-refractivity contribution is 5.49. The van der Waals surface area contributed by atoms with E-state index in [2.05, 4.69) is 48.6 Å². The van der Waals surface area contributed by atoms with Crippen molar-refractivity contribution in [3.63, 3.8) is 0 Å². The van der Waals surface area contributed by atoms with Gasteiger partial charge in [0.15, 0.2) is 0 Å². The van der Waals surface area contributed by atoms with E-state index in [9.17, 15) is 0 Å². The maximum Gasteiger partial charge on any atom is 0.0950 e. The first kappa shape index (κ1) is 13.0. The molecule has 3 heteroatoms. The van der Waals surface area contributed by atoms with Gasteiger partial charge in [-0.15, -0.1) is 0 Å². The van der Waals surface area contributed by atoms with E-state index >= 15 is 0 Å². The summed E-state index contributed by atoms with van der Waals surface area (Å²) in [6.07, 6.45) is 7.13. The first-order chi connectivity index (χ1) is 7.67. The van der Waals surface area contributed by atoms with Gasteiger partial charge in [0.05, 0.1) is 18.2 Å². The van der Waals surface area contributed by atoms with Crippen LogP contribution in [0.2, 0.25) is 0 Å². The van der Waals surface area contributed by atoms with Gasteiger partial charge in [-0.1, -0.05) is 26.3 Å². The van der Waals surface area contributed by atoms with Crippen molar-refractivity contribution >= 4 is 6.08 Å². The van der Waals surface area contributed by atoms with Crippen molar-refractivity contribution in [2.75, 3.05) is 6.54 Å². The Kier molecular flexibility index (Phi) is 5.26. The lowest BCUT2D eigenvalue weighted by molar-refractivity contribution is 0.616. The normalized spacial score (nSPS) is 12.4. The first-order valence-electron chi connectivity index (χ1n) is 6.10. The Balaban J connectivity index is 2.71. The van der Waals surface area contributed by atoms with Gasteiger partial charge in [0.1, 0.15) is 0 Å². The predicted molar refractivity (Wildman–Crippen MR) is 69.3 cm³/mol. The van der Waals surface area contributed by atoms with Crippen LogP contribution in [0.3, 0.4) is 0 Å². The minimum absolute atomic E-state index is 0.533. The number of hydrogen-bond donors (Lipinski definition) is 1. The van der Waals surface area contributed by atoms with E-state index in [1.54, 1.807) is 0 Å². The molecule has 0 unspecified atom stereocenters. The van der Waals surface area contributed by atoms with Crippen LogP contribution < -0.4 is 5.32 Å². The fraction of sp³-hybridized carbons (Fsp3) is 0.615. The van der Waals surface area contributed by atoms with Crippen LogP contribution in [0.15, 0.2) is 18.1 Å². The average molecular weight is 221 g/mol. The Morgan fingerprint density at radius 1 is 1.50 bits per heavy atom. The summed E-state index contributed by atoms with van der Waals surface area (Å²) < 4.78 is 2.16. The highest BCUT2D eigenvalue weighted by Crippen LogP contribution is 2.09. The van der Waals surface area contributed by atoms with Crippen LogP contribution >= 0.6 is 0 Å². The molecule has 0 aliphatic heterocycles. The second-order valence-electron chi connectivity index (χ2n) is 4.30. The second-order valence-corrected chi connectivity index (χ2v) is 4.30. The minimum Gasteiger partial charge on any atom is -0.331 e. The summed E-state index contributed by atoms with van der Waals surface area (Å²) in [6.45, 7) is 10.6. The van der Waals surface area contributed by atoms with Crippen LogP contribution in [0.1, 0.15) is 39.8 Å². The summed E-state index contributed by atoms with van der Waals surface area (Å²) >= 11 is 0. The lowest BCUT2D eigenvalue weighted by atomic mass is 10.1. The number of rotatable bonds is 6. The summed E-state index contributed by atoms with van der Waals surface area (Å²) in [6, 6.07) is 0.533. The molecule has 0 saturated heterocycles. The molecule has 3 nitrogen and oxygen atoms in total. The topological polar surface area (TPSA) is 29.9 Å². The summed E-state index contributed by atoms with van der Waals surface area (Å²) in [7, 11) is 0. The van der Waals surface area contributed by atoms with Crippen LogP contribution in [0, 0.1) is 0 Å². The van der Waals surface area contributed by atoms with Crippen molar-refractivity contribution in [2.24, 2.45) is 0 Å². The van der Waals surface area contributed by atoms with Gasteiger partial charge in [0, 0.05) is 19.1 Å². The molecular weight excluding hydrogens is 198 g/mol. The zero-order valence-corrected chi connectivity index (χ0v) is 10.8. The van der Waals surface area contributed by atoms with Gasteiger partial charge < -0.3 is 9.88 Å². The van der Waals surface area contributed by atoms with Gasteiger partial charge >= 0.3 is 0 Å². The second kappa shape index (κ2) is 6.48. The highest BCUT2D eigenvalue weighted by atomic mass is 15.0. The molecule has 0 spiro atoms. The summed E-state index contributed by atoms with van der Waals surface area (Å²) in [5.41, 5.74) is 2.62. The molecule has 1 aromatic heterocycles. The molecule has 90 valence electrons. The quantitative estimate of drug-likeness (QED) is 0.800. The van der Waals surface area contributed by atoms with E-state index in [1.165, 1.54) is 11.3 Å². The SMILES string of the molecule is CCC(=Cc1cncn1CC)CNC(C)C. The summed E-state index contributed by atoms with van der Waals surface area (Å²) in [4.78, 5) is 4.17. The van der Waals surface area contributed by atoms with Crippen molar-refractivity contribution in [1.29, 1.82) is 0 Å². The summed E-state index contributed by atoms with van der Waals surface area (Å²) in [5, 5.41) is 3.45. The van der Waals surface area contributed by atoms with Crippen molar-refractivity contribution in [2.45, 2.75) is 46.7 Å². The van der Waals surface area contributed by atoms with E-state index in [0.29, 0.717) is 6.04 Å². The van der Waals surface area contributed by atoms with Crippen molar-refractivity contribution in [3.8, 4) is 0 Å². The molecule has 0 bridgehead atoms. The molecule has 0 amide bonds. The maximum absolute atomic E-state index is 4.17. The van der Waals surface area contributed by atoms with E-state index in [4.69, 9.17) is 0 Å². The molecule has 0 aromatic carbocycles. The molecule has 1 heterocycles. The molecule has 0 atom stereocenters. The van der Waals surface area contributed by atoms with Crippen LogP contribution in [0.25, 0.3) is 6.08 Å². The van der Waals surface area contributed by atoms with E-state index in [0.717, 1.165) is 19.5 Å². The highest BCUT2D eigenvalue weighted by Gasteiger charge is 2.00. The predicted octanol–water partition coefficient (Wildman–Crippen LogP) is 2.69. The number of nitrogens with zero attached hydrogens (tertiary/aromatic N) is 2. The average Bonchev–Trinajstić information content (AvgIpc) is 2.70. The molecule has 0 radical (unpaired) electrons.